The average molecular weight is 274 g/mol. The molecule has 1 aromatic rings. The van der Waals surface area contributed by atoms with E-state index in [1.165, 1.54) is 19.1 Å². The van der Waals surface area contributed by atoms with Gasteiger partial charge in [-0.3, -0.25) is 4.79 Å². The molecule has 1 rings (SSSR count). The maximum Gasteiger partial charge on any atom is 0.331 e. The van der Waals surface area contributed by atoms with E-state index in [9.17, 15) is 19.1 Å². The smallest absolute Gasteiger partial charge is 0.331 e. The molecule has 0 aliphatic heterocycles. The fourth-order valence-corrected chi connectivity index (χ4v) is 1.84. The minimum Gasteiger partial charge on any atom is -0.479 e. The molecule has 0 saturated heterocycles. The minimum absolute atomic E-state index is 0.0891. The van der Waals surface area contributed by atoms with Crippen LogP contribution in [0.15, 0.2) is 18.2 Å². The number of likely N-dealkylation sites (N-methyl/N-ethyl adjacent to an activating group) is 1. The molecule has 6 heteroatoms. The molecule has 1 amide bonds. The zero-order valence-corrected chi connectivity index (χ0v) is 10.7. The van der Waals surface area contributed by atoms with Crippen LogP contribution in [0.1, 0.15) is 25.5 Å². The van der Waals surface area contributed by atoms with E-state index >= 15 is 0 Å². The molecular formula is C12H13ClFNO3. The summed E-state index contributed by atoms with van der Waals surface area (Å²) < 4.78 is 13.3. The van der Waals surface area contributed by atoms with Crippen LogP contribution in [-0.2, 0) is 9.59 Å². The van der Waals surface area contributed by atoms with E-state index in [-0.39, 0.29) is 23.0 Å². The highest BCUT2D eigenvalue weighted by Gasteiger charge is 2.28. The summed E-state index contributed by atoms with van der Waals surface area (Å²) in [5.74, 6) is -2.31. The molecule has 4 nitrogen and oxygen atoms in total. The lowest BCUT2D eigenvalue weighted by molar-refractivity contribution is -0.149. The Morgan fingerprint density at radius 2 is 2.11 bits per heavy atom. The SMILES string of the molecule is CCN(C(C)=O)C(C(=O)O)c1ccc(Cl)c(F)c1. The van der Waals surface area contributed by atoms with Crippen LogP contribution in [0, 0.1) is 5.82 Å². The minimum atomic E-state index is -1.21. The predicted molar refractivity (Wildman–Crippen MR) is 64.8 cm³/mol. The van der Waals surface area contributed by atoms with Gasteiger partial charge in [-0.15, -0.1) is 0 Å². The van der Waals surface area contributed by atoms with Gasteiger partial charge in [0.2, 0.25) is 5.91 Å². The van der Waals surface area contributed by atoms with Crippen molar-refractivity contribution in [3.8, 4) is 0 Å². The first-order valence-electron chi connectivity index (χ1n) is 5.33. The maximum absolute atomic E-state index is 13.3. The average Bonchev–Trinajstić information content (AvgIpc) is 2.28. The molecule has 0 heterocycles. The van der Waals surface area contributed by atoms with Gasteiger partial charge in [-0.2, -0.15) is 0 Å². The van der Waals surface area contributed by atoms with E-state index < -0.39 is 17.8 Å². The van der Waals surface area contributed by atoms with E-state index in [0.717, 1.165) is 11.0 Å². The van der Waals surface area contributed by atoms with Crippen molar-refractivity contribution in [3.63, 3.8) is 0 Å². The molecule has 1 unspecified atom stereocenters. The normalized spacial score (nSPS) is 12.0. The molecule has 18 heavy (non-hydrogen) atoms. The number of benzene rings is 1. The number of carbonyl (C=O) groups is 2. The summed E-state index contributed by atoms with van der Waals surface area (Å²) >= 11 is 5.54. The highest BCUT2D eigenvalue weighted by Crippen LogP contribution is 2.25. The van der Waals surface area contributed by atoms with Crippen molar-refractivity contribution in [3.05, 3.63) is 34.6 Å². The number of rotatable bonds is 4. The molecule has 0 aromatic heterocycles. The summed E-state index contributed by atoms with van der Waals surface area (Å²) in [6.07, 6.45) is 0. The van der Waals surface area contributed by atoms with Crippen LogP contribution >= 0.6 is 11.6 Å². The first-order valence-corrected chi connectivity index (χ1v) is 5.71. The quantitative estimate of drug-likeness (QED) is 0.917. The van der Waals surface area contributed by atoms with Gasteiger partial charge in [-0.05, 0) is 24.6 Å². The molecule has 0 aliphatic rings. The molecule has 1 aromatic carbocycles. The topological polar surface area (TPSA) is 57.6 Å². The lowest BCUT2D eigenvalue weighted by Crippen LogP contribution is -2.37. The van der Waals surface area contributed by atoms with Crippen LogP contribution < -0.4 is 0 Å². The van der Waals surface area contributed by atoms with E-state index in [2.05, 4.69) is 0 Å². The summed E-state index contributed by atoms with van der Waals surface area (Å²) in [6.45, 7) is 3.14. The molecule has 0 fully saturated rings. The van der Waals surface area contributed by atoms with Gasteiger partial charge < -0.3 is 10.0 Å². The molecule has 1 atom stereocenters. The number of nitrogens with zero attached hydrogens (tertiary/aromatic N) is 1. The third-order valence-electron chi connectivity index (χ3n) is 2.55. The number of aliphatic carboxylic acids is 1. The Bertz CT molecular complexity index is 478. The number of amides is 1. The van der Waals surface area contributed by atoms with Crippen molar-refractivity contribution in [1.82, 2.24) is 4.90 Å². The van der Waals surface area contributed by atoms with E-state index in [1.807, 2.05) is 0 Å². The van der Waals surface area contributed by atoms with Crippen LogP contribution in [-0.4, -0.2) is 28.4 Å². The molecule has 0 saturated carbocycles. The van der Waals surface area contributed by atoms with Crippen LogP contribution in [0.25, 0.3) is 0 Å². The number of carboxylic acid groups (broad SMARTS) is 1. The van der Waals surface area contributed by atoms with Crippen molar-refractivity contribution in [2.75, 3.05) is 6.54 Å². The second-order valence-electron chi connectivity index (χ2n) is 3.72. The fourth-order valence-electron chi connectivity index (χ4n) is 1.73. The molecule has 0 spiro atoms. The van der Waals surface area contributed by atoms with Gasteiger partial charge in [0.05, 0.1) is 5.02 Å². The first-order chi connectivity index (χ1) is 8.38. The first kappa shape index (κ1) is 14.4. The maximum atomic E-state index is 13.3. The van der Waals surface area contributed by atoms with Crippen molar-refractivity contribution in [2.45, 2.75) is 19.9 Å². The highest BCUT2D eigenvalue weighted by atomic mass is 35.5. The summed E-state index contributed by atoms with van der Waals surface area (Å²) in [4.78, 5) is 23.8. The van der Waals surface area contributed by atoms with Gasteiger partial charge >= 0.3 is 5.97 Å². The van der Waals surface area contributed by atoms with Crippen LogP contribution in [0.5, 0.6) is 0 Å². The van der Waals surface area contributed by atoms with Gasteiger partial charge in [0.15, 0.2) is 6.04 Å². The lowest BCUT2D eigenvalue weighted by Gasteiger charge is -2.27. The number of hydrogen-bond donors (Lipinski definition) is 1. The summed E-state index contributed by atoms with van der Waals surface area (Å²) in [5.41, 5.74) is 0.182. The van der Waals surface area contributed by atoms with Gasteiger partial charge in [-0.25, -0.2) is 9.18 Å². The molecule has 98 valence electrons. The molecule has 1 N–H and O–H groups in total. The van der Waals surface area contributed by atoms with E-state index in [4.69, 9.17) is 11.6 Å². The third kappa shape index (κ3) is 2.98. The van der Waals surface area contributed by atoms with Crippen LogP contribution in [0.2, 0.25) is 5.02 Å². The van der Waals surface area contributed by atoms with Crippen LogP contribution in [0.4, 0.5) is 4.39 Å². The van der Waals surface area contributed by atoms with Crippen molar-refractivity contribution < 1.29 is 19.1 Å². The second kappa shape index (κ2) is 5.82. The highest BCUT2D eigenvalue weighted by molar-refractivity contribution is 6.30. The number of carboxylic acids is 1. The Kier molecular flexibility index (Phi) is 4.67. The molecular weight excluding hydrogens is 261 g/mol. The molecule has 0 radical (unpaired) electrons. The number of halogens is 2. The van der Waals surface area contributed by atoms with Gasteiger partial charge in [0, 0.05) is 13.5 Å². The lowest BCUT2D eigenvalue weighted by atomic mass is 10.1. The van der Waals surface area contributed by atoms with Gasteiger partial charge in [-0.1, -0.05) is 17.7 Å². The Hall–Kier alpha value is -1.62. The zero-order chi connectivity index (χ0) is 13.9. The third-order valence-corrected chi connectivity index (χ3v) is 2.86. The Balaban J connectivity index is 3.23. The molecule has 0 aliphatic carbocycles. The van der Waals surface area contributed by atoms with Gasteiger partial charge in [0.1, 0.15) is 5.82 Å². The second-order valence-corrected chi connectivity index (χ2v) is 4.13. The van der Waals surface area contributed by atoms with Gasteiger partial charge in [0.25, 0.3) is 0 Å². The number of carbonyl (C=O) groups excluding carboxylic acids is 1. The standard InChI is InChI=1S/C12H13ClFNO3/c1-3-15(7(2)16)11(12(17)18)8-4-5-9(13)10(14)6-8/h4-6,11H,3H2,1-2H3,(H,17,18). The Morgan fingerprint density at radius 3 is 2.50 bits per heavy atom. The van der Waals surface area contributed by atoms with E-state index in [0.29, 0.717) is 0 Å². The zero-order valence-electron chi connectivity index (χ0n) is 9.98. The van der Waals surface area contributed by atoms with Crippen molar-refractivity contribution >= 4 is 23.5 Å². The summed E-state index contributed by atoms with van der Waals surface area (Å²) in [6, 6.07) is 2.50. The largest absolute Gasteiger partial charge is 0.479 e. The predicted octanol–water partition coefficient (Wildman–Crippen LogP) is 2.47. The summed E-state index contributed by atoms with van der Waals surface area (Å²) in [5, 5.41) is 9.10. The van der Waals surface area contributed by atoms with E-state index in [1.54, 1.807) is 6.92 Å². The van der Waals surface area contributed by atoms with Crippen molar-refractivity contribution in [1.29, 1.82) is 0 Å². The number of hydrogen-bond acceptors (Lipinski definition) is 2. The fraction of sp³-hybridized carbons (Fsp3) is 0.333. The Labute approximate surface area is 109 Å². The van der Waals surface area contributed by atoms with Crippen LogP contribution in [0.3, 0.4) is 0 Å². The van der Waals surface area contributed by atoms with Crippen molar-refractivity contribution in [2.24, 2.45) is 0 Å². The summed E-state index contributed by atoms with van der Waals surface area (Å²) in [7, 11) is 0. The molecule has 0 bridgehead atoms. The Morgan fingerprint density at radius 1 is 1.50 bits per heavy atom. The monoisotopic (exact) mass is 273 g/mol.